The lowest BCUT2D eigenvalue weighted by atomic mass is 9.89. The van der Waals surface area contributed by atoms with Crippen LogP contribution in [0.1, 0.15) is 32.3 Å². The number of guanidine groups is 1. The summed E-state index contributed by atoms with van der Waals surface area (Å²) in [7, 11) is 0. The molecular formula is C19H28N4O2. The molecule has 0 atom stereocenters. The van der Waals surface area contributed by atoms with Crippen LogP contribution in [0, 0.1) is 5.41 Å². The number of nitrogens with zero attached hydrogens (tertiary/aromatic N) is 2. The first kappa shape index (κ1) is 17.7. The minimum Gasteiger partial charge on any atom is -0.380 e. The quantitative estimate of drug-likeness (QED) is 0.611. The van der Waals surface area contributed by atoms with Gasteiger partial charge in [-0.2, -0.15) is 0 Å². The average Bonchev–Trinajstić information content (AvgIpc) is 3.02. The Morgan fingerprint density at radius 3 is 2.60 bits per heavy atom. The number of nitrogens with one attached hydrogen (secondary N) is 2. The minimum absolute atomic E-state index is 0.208. The molecule has 2 saturated heterocycles. The first-order chi connectivity index (χ1) is 12.1. The molecule has 1 amide bonds. The lowest BCUT2D eigenvalue weighted by Crippen LogP contribution is -2.51. The largest absolute Gasteiger partial charge is 0.380 e. The molecule has 136 valence electrons. The molecule has 6 heteroatoms. The van der Waals surface area contributed by atoms with Gasteiger partial charge in [0.15, 0.2) is 5.96 Å². The van der Waals surface area contributed by atoms with E-state index in [0.29, 0.717) is 13.0 Å². The third-order valence-electron chi connectivity index (χ3n) is 4.67. The zero-order chi connectivity index (χ0) is 17.7. The van der Waals surface area contributed by atoms with E-state index in [1.165, 1.54) is 0 Å². The Hall–Kier alpha value is -2.08. The van der Waals surface area contributed by atoms with Crippen LogP contribution in [0.3, 0.4) is 0 Å². The smallest absolute Gasteiger partial charge is 0.227 e. The summed E-state index contributed by atoms with van der Waals surface area (Å²) in [5.41, 5.74) is 2.32. The van der Waals surface area contributed by atoms with Crippen LogP contribution >= 0.6 is 0 Å². The zero-order valence-electron chi connectivity index (χ0n) is 15.2. The fourth-order valence-corrected chi connectivity index (χ4v) is 3.06. The van der Waals surface area contributed by atoms with Crippen LogP contribution in [0.15, 0.2) is 29.3 Å². The van der Waals surface area contributed by atoms with E-state index in [-0.39, 0.29) is 11.3 Å². The second-order valence-corrected chi connectivity index (χ2v) is 7.17. The number of carbonyl (C=O) groups is 1. The molecule has 1 aromatic rings. The Kier molecular flexibility index (Phi) is 5.58. The lowest BCUT2D eigenvalue weighted by Gasteiger charge is -2.38. The van der Waals surface area contributed by atoms with Gasteiger partial charge < -0.3 is 20.3 Å². The second-order valence-electron chi connectivity index (χ2n) is 7.17. The number of hydrogen-bond donors (Lipinski definition) is 2. The van der Waals surface area contributed by atoms with Gasteiger partial charge in [-0.3, -0.25) is 4.79 Å². The molecule has 25 heavy (non-hydrogen) atoms. The van der Waals surface area contributed by atoms with Crippen LogP contribution in [-0.4, -0.2) is 44.7 Å². The van der Waals surface area contributed by atoms with E-state index in [1.807, 2.05) is 17.0 Å². The predicted molar refractivity (Wildman–Crippen MR) is 99.8 cm³/mol. The van der Waals surface area contributed by atoms with Gasteiger partial charge in [-0.15, -0.1) is 0 Å². The van der Waals surface area contributed by atoms with Crippen molar-refractivity contribution in [3.05, 3.63) is 29.8 Å². The molecule has 0 bridgehead atoms. The fourth-order valence-electron chi connectivity index (χ4n) is 3.06. The number of carbonyl (C=O) groups excluding carboxylic acids is 1. The van der Waals surface area contributed by atoms with Crippen molar-refractivity contribution in [2.45, 2.75) is 33.2 Å². The molecular weight excluding hydrogens is 316 g/mol. The highest BCUT2D eigenvalue weighted by Gasteiger charge is 2.33. The second kappa shape index (κ2) is 7.87. The highest BCUT2D eigenvalue weighted by molar-refractivity contribution is 5.95. The Morgan fingerprint density at radius 2 is 2.04 bits per heavy atom. The van der Waals surface area contributed by atoms with Crippen LogP contribution in [0.4, 0.5) is 5.69 Å². The molecule has 2 aliphatic rings. The van der Waals surface area contributed by atoms with Crippen molar-refractivity contribution in [2.75, 3.05) is 37.7 Å². The first-order valence-corrected chi connectivity index (χ1v) is 9.09. The van der Waals surface area contributed by atoms with E-state index in [4.69, 9.17) is 4.74 Å². The molecule has 2 aliphatic heterocycles. The molecule has 3 rings (SSSR count). The maximum absolute atomic E-state index is 11.8. The number of hydrogen-bond acceptors (Lipinski definition) is 3. The van der Waals surface area contributed by atoms with E-state index >= 15 is 0 Å². The average molecular weight is 344 g/mol. The standard InChI is InChI=1S/C19H28N4O2/c1-3-20-18(22-12-19(2)13-25-14-19)21-11-15-6-8-16(9-7-15)23-10-4-5-17(23)24/h6-9H,3-5,10-14H2,1-2H3,(H2,20,21,22). The van der Waals surface area contributed by atoms with Crippen molar-refractivity contribution in [3.8, 4) is 0 Å². The number of amides is 1. The third kappa shape index (κ3) is 4.51. The van der Waals surface area contributed by atoms with Gasteiger partial charge >= 0.3 is 0 Å². The Labute approximate surface area is 149 Å². The molecule has 0 aliphatic carbocycles. The van der Waals surface area contributed by atoms with E-state index in [2.05, 4.69) is 41.6 Å². The van der Waals surface area contributed by atoms with Gasteiger partial charge in [0.05, 0.1) is 19.8 Å². The summed E-state index contributed by atoms with van der Waals surface area (Å²) in [6, 6.07) is 8.13. The SMILES string of the molecule is CCNC(=NCc1ccc(N2CCCC2=O)cc1)NCC1(C)COC1. The van der Waals surface area contributed by atoms with Gasteiger partial charge in [-0.1, -0.05) is 19.1 Å². The highest BCUT2D eigenvalue weighted by Crippen LogP contribution is 2.25. The zero-order valence-corrected chi connectivity index (χ0v) is 15.2. The minimum atomic E-state index is 0.208. The summed E-state index contributed by atoms with van der Waals surface area (Å²) < 4.78 is 5.29. The van der Waals surface area contributed by atoms with Crippen LogP contribution in [0.2, 0.25) is 0 Å². The Morgan fingerprint density at radius 1 is 1.28 bits per heavy atom. The van der Waals surface area contributed by atoms with Crippen molar-refractivity contribution in [1.82, 2.24) is 10.6 Å². The number of ether oxygens (including phenoxy) is 1. The van der Waals surface area contributed by atoms with Crippen molar-refractivity contribution >= 4 is 17.6 Å². The van der Waals surface area contributed by atoms with Gasteiger partial charge in [0.1, 0.15) is 0 Å². The van der Waals surface area contributed by atoms with Crippen LogP contribution in [-0.2, 0) is 16.1 Å². The molecule has 2 heterocycles. The van der Waals surface area contributed by atoms with Crippen LogP contribution in [0.25, 0.3) is 0 Å². The molecule has 2 fully saturated rings. The summed E-state index contributed by atoms with van der Waals surface area (Å²) in [6.07, 6.45) is 1.61. The molecule has 0 saturated carbocycles. The highest BCUT2D eigenvalue weighted by atomic mass is 16.5. The molecule has 0 spiro atoms. The van der Waals surface area contributed by atoms with E-state index in [1.54, 1.807) is 0 Å². The number of aliphatic imine (C=N–C) groups is 1. The van der Waals surface area contributed by atoms with Crippen molar-refractivity contribution < 1.29 is 9.53 Å². The van der Waals surface area contributed by atoms with Gasteiger partial charge in [-0.05, 0) is 31.0 Å². The first-order valence-electron chi connectivity index (χ1n) is 9.09. The van der Waals surface area contributed by atoms with Crippen LogP contribution in [0.5, 0.6) is 0 Å². The summed E-state index contributed by atoms with van der Waals surface area (Å²) in [5, 5.41) is 6.68. The lowest BCUT2D eigenvalue weighted by molar-refractivity contribution is -0.117. The normalized spacial score (nSPS) is 19.7. The fraction of sp³-hybridized carbons (Fsp3) is 0.579. The van der Waals surface area contributed by atoms with Gasteiger partial charge in [0.25, 0.3) is 0 Å². The van der Waals surface area contributed by atoms with Gasteiger partial charge in [-0.25, -0.2) is 4.99 Å². The predicted octanol–water partition coefficient (Wildman–Crippen LogP) is 1.90. The maximum atomic E-state index is 11.8. The summed E-state index contributed by atoms with van der Waals surface area (Å²) in [5.74, 6) is 1.05. The topological polar surface area (TPSA) is 66.0 Å². The maximum Gasteiger partial charge on any atom is 0.227 e. The van der Waals surface area contributed by atoms with Gasteiger partial charge in [0.2, 0.25) is 5.91 Å². The Bertz CT molecular complexity index is 623. The summed E-state index contributed by atoms with van der Waals surface area (Å²) >= 11 is 0. The number of benzene rings is 1. The summed E-state index contributed by atoms with van der Waals surface area (Å²) in [4.78, 5) is 18.3. The monoisotopic (exact) mass is 344 g/mol. The molecule has 1 aromatic carbocycles. The molecule has 6 nitrogen and oxygen atoms in total. The van der Waals surface area contributed by atoms with E-state index in [0.717, 1.165) is 56.5 Å². The summed E-state index contributed by atoms with van der Waals surface area (Å²) in [6.45, 7) is 9.00. The number of anilines is 1. The third-order valence-corrected chi connectivity index (χ3v) is 4.67. The Balaban J connectivity index is 1.57. The molecule has 2 N–H and O–H groups in total. The molecule has 0 aromatic heterocycles. The molecule has 0 radical (unpaired) electrons. The van der Waals surface area contributed by atoms with Crippen LogP contribution < -0.4 is 15.5 Å². The van der Waals surface area contributed by atoms with E-state index < -0.39 is 0 Å². The van der Waals surface area contributed by atoms with Gasteiger partial charge in [0, 0.05) is 37.2 Å². The van der Waals surface area contributed by atoms with E-state index in [9.17, 15) is 4.79 Å². The van der Waals surface area contributed by atoms with Crippen molar-refractivity contribution in [1.29, 1.82) is 0 Å². The van der Waals surface area contributed by atoms with Crippen molar-refractivity contribution in [3.63, 3.8) is 0 Å². The van der Waals surface area contributed by atoms with Crippen molar-refractivity contribution in [2.24, 2.45) is 10.4 Å². The molecule has 0 unspecified atom stereocenters. The number of rotatable bonds is 6.